The zero-order chi connectivity index (χ0) is 32.8. The largest absolute Gasteiger partial charge is 0.337 e. The van der Waals surface area contributed by atoms with Gasteiger partial charge in [0.05, 0.1) is 39.8 Å². The highest BCUT2D eigenvalue weighted by Gasteiger charge is 2.51. The number of carbonyl (C=O) groups excluding carboxylic acids is 1. The predicted octanol–water partition coefficient (Wildman–Crippen LogP) is 7.12. The number of amides is 1. The van der Waals surface area contributed by atoms with Gasteiger partial charge in [-0.25, -0.2) is 19.0 Å². The molecule has 2 aromatic carbocycles. The summed E-state index contributed by atoms with van der Waals surface area (Å²) in [6, 6.07) is 11.9. The van der Waals surface area contributed by atoms with E-state index >= 15 is 4.39 Å². The van der Waals surface area contributed by atoms with E-state index in [9.17, 15) is 10.1 Å². The van der Waals surface area contributed by atoms with Crippen LogP contribution in [-0.2, 0) is 11.2 Å². The number of pyridine rings is 1. The van der Waals surface area contributed by atoms with Crippen LogP contribution in [0, 0.1) is 35.9 Å². The third kappa shape index (κ3) is 4.51. The third-order valence-corrected chi connectivity index (χ3v) is 11.9. The van der Waals surface area contributed by atoms with Crippen LogP contribution in [0.3, 0.4) is 0 Å². The van der Waals surface area contributed by atoms with Gasteiger partial charge in [-0.2, -0.15) is 10.4 Å². The van der Waals surface area contributed by atoms with E-state index in [1.807, 2.05) is 17.7 Å². The number of carbonyl (C=O) groups is 1. The van der Waals surface area contributed by atoms with E-state index in [0.717, 1.165) is 48.1 Å². The van der Waals surface area contributed by atoms with Gasteiger partial charge in [-0.15, -0.1) is 0 Å². The van der Waals surface area contributed by atoms with Gasteiger partial charge in [0.15, 0.2) is 5.82 Å². The van der Waals surface area contributed by atoms with Crippen molar-refractivity contribution in [2.75, 3.05) is 13.1 Å². The fourth-order valence-corrected chi connectivity index (χ4v) is 8.99. The summed E-state index contributed by atoms with van der Waals surface area (Å²) in [7, 11) is 0. The molecule has 1 amide bonds. The summed E-state index contributed by atoms with van der Waals surface area (Å²) in [4.78, 5) is 25.0. The molecule has 2 bridgehead atoms. The van der Waals surface area contributed by atoms with E-state index in [0.29, 0.717) is 58.4 Å². The van der Waals surface area contributed by atoms with Crippen LogP contribution in [0.2, 0.25) is 10.0 Å². The zero-order valence-corrected chi connectivity index (χ0v) is 27.8. The first-order valence-corrected chi connectivity index (χ1v) is 17.5. The number of nitrogens with one attached hydrogen (secondary N) is 1. The van der Waals surface area contributed by atoms with Gasteiger partial charge in [-0.1, -0.05) is 35.3 Å². The number of nitriles is 1. The van der Waals surface area contributed by atoms with Crippen molar-refractivity contribution < 1.29 is 9.18 Å². The molecule has 5 atom stereocenters. The van der Waals surface area contributed by atoms with Crippen LogP contribution in [0.25, 0.3) is 32.9 Å². The van der Waals surface area contributed by atoms with Crippen LogP contribution in [0.15, 0.2) is 43.0 Å². The fourth-order valence-electron chi connectivity index (χ4n) is 8.60. The minimum Gasteiger partial charge on any atom is -0.337 e. The van der Waals surface area contributed by atoms with Gasteiger partial charge in [0.25, 0.3) is 0 Å². The number of aryl methyl sites for hydroxylation is 2. The van der Waals surface area contributed by atoms with Gasteiger partial charge in [-0.3, -0.25) is 4.79 Å². The molecule has 12 heteroatoms. The molecule has 9 nitrogen and oxygen atoms in total. The summed E-state index contributed by atoms with van der Waals surface area (Å²) >= 11 is 13.1. The van der Waals surface area contributed by atoms with Crippen LogP contribution in [0.4, 0.5) is 4.39 Å². The monoisotopic (exact) mass is 682 g/mol. The molecule has 0 spiro atoms. The van der Waals surface area contributed by atoms with Gasteiger partial charge < -0.3 is 14.8 Å². The lowest BCUT2D eigenvalue weighted by Crippen LogP contribution is -2.41. The van der Waals surface area contributed by atoms with Crippen LogP contribution < -0.4 is 5.32 Å². The Kier molecular flexibility index (Phi) is 7.05. The number of benzene rings is 2. The molecule has 3 saturated heterocycles. The summed E-state index contributed by atoms with van der Waals surface area (Å²) in [5.41, 5.74) is 4.45. The second-order valence-corrected chi connectivity index (χ2v) is 14.6. The third-order valence-electron chi connectivity index (χ3n) is 11.1. The second kappa shape index (κ2) is 11.3. The number of rotatable bonds is 7. The predicted molar refractivity (Wildman–Crippen MR) is 181 cm³/mol. The zero-order valence-electron chi connectivity index (χ0n) is 26.3. The Balaban J connectivity index is 1.30. The molecule has 48 heavy (non-hydrogen) atoms. The highest BCUT2D eigenvalue weighted by Crippen LogP contribution is 2.52. The normalized spacial score (nSPS) is 24.8. The molecule has 5 unspecified atom stereocenters. The number of nitrogens with zero attached hydrogens (tertiary/aromatic N) is 7. The first-order valence-electron chi connectivity index (χ1n) is 16.7. The average molecular weight is 684 g/mol. The minimum atomic E-state index is -0.476. The standard InChI is InChI=1S/C36H33Cl2FN8O/c1-18-24-13-29(28-12-22(46-17-41-16-43-46)15-45(28)36(48)19-7-8-19)47(34-21-11-27(34)42-14-21)35(24)25-10-20(4-3-9-40)30(32(39)33(25)44-18)23-5-2-6-26(37)31(23)38/h2,5-6,10,13,16-17,19,21-22,27-28,34,42H,3-4,7-8,11-12,14-15H2,1H3. The van der Waals surface area contributed by atoms with Gasteiger partial charge in [0.1, 0.15) is 18.2 Å². The van der Waals surface area contributed by atoms with Crippen LogP contribution in [0.5, 0.6) is 0 Å². The Morgan fingerprint density at radius 1 is 1.19 bits per heavy atom. The molecule has 2 aliphatic carbocycles. The lowest BCUT2D eigenvalue weighted by Gasteiger charge is -2.39. The van der Waals surface area contributed by atoms with E-state index in [1.165, 1.54) is 0 Å². The van der Waals surface area contributed by atoms with Crippen molar-refractivity contribution in [2.24, 2.45) is 11.8 Å². The molecular weight excluding hydrogens is 650 g/mol. The Morgan fingerprint density at radius 2 is 2.04 bits per heavy atom. The Labute approximate surface area is 286 Å². The number of hydrogen-bond acceptors (Lipinski definition) is 6. The minimum absolute atomic E-state index is 0.00102. The summed E-state index contributed by atoms with van der Waals surface area (Å²) in [6.07, 6.45) is 7.46. The van der Waals surface area contributed by atoms with Crippen molar-refractivity contribution >= 4 is 50.9 Å². The molecule has 3 aliphatic heterocycles. The van der Waals surface area contributed by atoms with Gasteiger partial charge in [0, 0.05) is 64.8 Å². The van der Waals surface area contributed by atoms with E-state index in [2.05, 4.69) is 37.0 Å². The highest BCUT2D eigenvalue weighted by atomic mass is 35.5. The molecule has 6 heterocycles. The summed E-state index contributed by atoms with van der Waals surface area (Å²) in [6.45, 7) is 3.42. The molecule has 244 valence electrons. The lowest BCUT2D eigenvalue weighted by molar-refractivity contribution is -0.133. The molecule has 3 aromatic heterocycles. The summed E-state index contributed by atoms with van der Waals surface area (Å²) < 4.78 is 21.4. The van der Waals surface area contributed by atoms with E-state index in [4.69, 9.17) is 28.2 Å². The van der Waals surface area contributed by atoms with Crippen molar-refractivity contribution in [3.63, 3.8) is 0 Å². The highest BCUT2D eigenvalue weighted by molar-refractivity contribution is 6.43. The van der Waals surface area contributed by atoms with Crippen LogP contribution in [-0.4, -0.2) is 54.3 Å². The van der Waals surface area contributed by atoms with E-state index in [1.54, 1.807) is 30.9 Å². The van der Waals surface area contributed by atoms with E-state index < -0.39 is 5.82 Å². The van der Waals surface area contributed by atoms with Crippen molar-refractivity contribution in [1.82, 2.24) is 34.5 Å². The van der Waals surface area contributed by atoms with Crippen molar-refractivity contribution in [3.8, 4) is 17.2 Å². The number of halogens is 3. The molecule has 5 aromatic rings. The van der Waals surface area contributed by atoms with E-state index in [-0.39, 0.29) is 46.9 Å². The number of likely N-dealkylation sites (tertiary alicyclic amines) is 1. The van der Waals surface area contributed by atoms with Gasteiger partial charge in [0.2, 0.25) is 5.91 Å². The number of hydrogen-bond donors (Lipinski definition) is 1. The Hall–Kier alpha value is -4.04. The van der Waals surface area contributed by atoms with Gasteiger partial charge in [-0.05, 0) is 68.7 Å². The first kappa shape index (κ1) is 30.1. The maximum atomic E-state index is 17.1. The number of aromatic nitrogens is 5. The lowest BCUT2D eigenvalue weighted by atomic mass is 9.79. The number of fused-ring (bicyclic) bond motifs is 4. The maximum absolute atomic E-state index is 17.1. The van der Waals surface area contributed by atoms with Crippen molar-refractivity contribution in [3.05, 3.63) is 75.8 Å². The molecule has 5 fully saturated rings. The van der Waals surface area contributed by atoms with Crippen LogP contribution in [0.1, 0.15) is 67.2 Å². The van der Waals surface area contributed by atoms with Crippen molar-refractivity contribution in [2.45, 2.75) is 69.6 Å². The second-order valence-electron chi connectivity index (χ2n) is 13.8. The first-order chi connectivity index (χ1) is 23.3. The molecular formula is C36H33Cl2FN8O. The molecule has 10 rings (SSSR count). The average Bonchev–Trinajstić information content (AvgIpc) is 3.61. The maximum Gasteiger partial charge on any atom is 0.226 e. The molecule has 5 aliphatic rings. The Morgan fingerprint density at radius 3 is 2.75 bits per heavy atom. The SMILES string of the molecule is Cc1nc2c(F)c(-c3cccc(Cl)c3Cl)c(CCC#N)cc2c2c1cc(C1CC(n3cncn3)CN1C(=O)C1CC1)n2C1C2CNC1C2. The van der Waals surface area contributed by atoms with Gasteiger partial charge >= 0.3 is 0 Å². The topological polar surface area (TPSA) is 105 Å². The summed E-state index contributed by atoms with van der Waals surface area (Å²) in [5.74, 6) is 0.220. The smallest absolute Gasteiger partial charge is 0.226 e. The molecule has 1 N–H and O–H groups in total. The molecule has 2 saturated carbocycles. The molecule has 0 radical (unpaired) electrons. The quantitative estimate of drug-likeness (QED) is 0.196. The summed E-state index contributed by atoms with van der Waals surface area (Å²) in [5, 5.41) is 19.9. The van der Waals surface area contributed by atoms with Crippen molar-refractivity contribution in [1.29, 1.82) is 5.26 Å². The fraction of sp³-hybridized carbons (Fsp3) is 0.417. The van der Waals surface area contributed by atoms with Crippen LogP contribution >= 0.6 is 23.2 Å². The Bertz CT molecular complexity index is 2160.